The van der Waals surface area contributed by atoms with Crippen LogP contribution in [0.5, 0.6) is 0 Å². The molecule has 16 heteroatoms. The lowest BCUT2D eigenvalue weighted by Crippen LogP contribution is -2.54. The van der Waals surface area contributed by atoms with Crippen LogP contribution in [0.3, 0.4) is 0 Å². The van der Waals surface area contributed by atoms with Gasteiger partial charge in [0.2, 0.25) is 23.6 Å². The average Bonchev–Trinajstić information content (AvgIpc) is 3.68. The highest BCUT2D eigenvalue weighted by atomic mass is 16.2. The van der Waals surface area contributed by atoms with E-state index in [2.05, 4.69) is 30.7 Å². The van der Waals surface area contributed by atoms with Crippen molar-refractivity contribution < 1.29 is 28.8 Å². The van der Waals surface area contributed by atoms with Crippen LogP contribution in [-0.2, 0) is 25.7 Å². The maximum Gasteiger partial charge on any atom is 0.255 e. The quantitative estimate of drug-likeness (QED) is 0.107. The molecule has 5 aliphatic heterocycles. The zero-order valence-corrected chi connectivity index (χ0v) is 37.3. The minimum Gasteiger partial charge on any atom is -0.385 e. The van der Waals surface area contributed by atoms with E-state index in [1.165, 1.54) is 0 Å². The Labute approximate surface area is 381 Å². The lowest BCUT2D eigenvalue weighted by molar-refractivity contribution is -0.137. The highest BCUT2D eigenvalue weighted by molar-refractivity contribution is 6.06. The van der Waals surface area contributed by atoms with Gasteiger partial charge in [-0.15, -0.1) is 0 Å². The number of benzene rings is 1. The first kappa shape index (κ1) is 45.4. The predicted octanol–water partition coefficient (Wildman–Crippen LogP) is 4.10. The minimum atomic E-state index is -0.655. The number of piperidine rings is 3. The molecule has 5 aliphatic rings. The van der Waals surface area contributed by atoms with Gasteiger partial charge in [0.15, 0.2) is 0 Å². The van der Waals surface area contributed by atoms with Crippen molar-refractivity contribution >= 4 is 53.0 Å². The van der Waals surface area contributed by atoms with Crippen LogP contribution in [0, 0.1) is 5.92 Å². The van der Waals surface area contributed by atoms with Gasteiger partial charge in [0.25, 0.3) is 11.8 Å². The maximum absolute atomic E-state index is 13.4. The van der Waals surface area contributed by atoms with Gasteiger partial charge in [0.05, 0.1) is 5.56 Å². The summed E-state index contributed by atoms with van der Waals surface area (Å²) in [6.07, 6.45) is 17.2. The molecule has 344 valence electrons. The maximum atomic E-state index is 13.4. The molecule has 1 unspecified atom stereocenters. The molecule has 7 heterocycles. The smallest absolute Gasteiger partial charge is 0.255 e. The van der Waals surface area contributed by atoms with Crippen molar-refractivity contribution in [1.29, 1.82) is 0 Å². The third kappa shape index (κ3) is 11.6. The fourth-order valence-corrected chi connectivity index (χ4v) is 9.95. The van der Waals surface area contributed by atoms with Crippen LogP contribution in [0.2, 0.25) is 0 Å². The summed E-state index contributed by atoms with van der Waals surface area (Å²) in [6.45, 7) is 8.02. The first-order valence-corrected chi connectivity index (χ1v) is 23.6. The molecule has 1 atom stereocenters. The lowest BCUT2D eigenvalue weighted by atomic mass is 9.91. The van der Waals surface area contributed by atoms with E-state index in [1.54, 1.807) is 41.7 Å². The van der Waals surface area contributed by atoms with E-state index in [-0.39, 0.29) is 36.0 Å². The molecule has 0 radical (unpaired) electrons. The van der Waals surface area contributed by atoms with E-state index in [4.69, 9.17) is 4.98 Å². The highest BCUT2D eigenvalue weighted by Crippen LogP contribution is 2.33. The standard InChI is InChI=1S/C49H62N10O6/c60-44(15-11-36-7-4-21-50-32-36)52-22-2-1-6-35-17-24-58(25-18-35)48(64)37-12-14-43(53-33-37)56-26-19-38(20-27-56)55-28-30-57(31-29-55)46(62)10-5-23-51-41-9-3-8-39-40(41)34-59(49(39)65)42-13-16-45(61)54-47(42)63/h3-4,7-9,11-12,14-15,21,32-33,35,38,42,51H,1-2,5-6,10,13,16-20,22-31,34H2,(H,52,60)(H,54,61,63)/b15-11+. The number of nitrogens with zero attached hydrogens (tertiary/aromatic N) is 7. The molecule has 0 spiro atoms. The van der Waals surface area contributed by atoms with Crippen molar-refractivity contribution in [3.8, 4) is 0 Å². The number of likely N-dealkylation sites (tertiary alicyclic amines) is 1. The number of carbonyl (C=O) groups excluding carboxylic acids is 6. The summed E-state index contributed by atoms with van der Waals surface area (Å²) in [6, 6.07) is 13.0. The Balaban J connectivity index is 0.682. The first-order valence-electron chi connectivity index (χ1n) is 23.6. The number of imide groups is 1. The van der Waals surface area contributed by atoms with E-state index < -0.39 is 11.9 Å². The summed E-state index contributed by atoms with van der Waals surface area (Å²) in [7, 11) is 0. The van der Waals surface area contributed by atoms with Gasteiger partial charge >= 0.3 is 0 Å². The second-order valence-corrected chi connectivity index (χ2v) is 17.9. The molecule has 0 aliphatic carbocycles. The number of aromatic nitrogens is 2. The Morgan fingerprint density at radius 3 is 2.35 bits per heavy atom. The van der Waals surface area contributed by atoms with Gasteiger partial charge in [0, 0.05) is 132 Å². The fourth-order valence-electron chi connectivity index (χ4n) is 9.95. The van der Waals surface area contributed by atoms with Crippen LogP contribution in [0.1, 0.15) is 102 Å². The molecule has 3 aromatic rings. The number of fused-ring (bicyclic) bond motifs is 1. The Kier molecular flexibility index (Phi) is 15.1. The molecule has 16 nitrogen and oxygen atoms in total. The number of unbranched alkanes of at least 4 members (excludes halogenated alkanes) is 1. The van der Waals surface area contributed by atoms with Crippen LogP contribution in [0.4, 0.5) is 11.5 Å². The summed E-state index contributed by atoms with van der Waals surface area (Å²) in [5, 5.41) is 8.73. The first-order chi connectivity index (χ1) is 31.7. The van der Waals surface area contributed by atoms with Gasteiger partial charge in [-0.25, -0.2) is 4.98 Å². The summed E-state index contributed by atoms with van der Waals surface area (Å²) in [5.74, 6) is 0.688. The van der Waals surface area contributed by atoms with Gasteiger partial charge < -0.3 is 30.2 Å². The molecule has 3 N–H and O–H groups in total. The Morgan fingerprint density at radius 1 is 0.800 bits per heavy atom. The van der Waals surface area contributed by atoms with Crippen LogP contribution < -0.4 is 20.9 Å². The number of piperazine rings is 1. The topological polar surface area (TPSA) is 180 Å². The van der Waals surface area contributed by atoms with Gasteiger partial charge in [-0.1, -0.05) is 25.0 Å². The molecule has 1 aromatic carbocycles. The molecule has 0 saturated carbocycles. The zero-order valence-electron chi connectivity index (χ0n) is 37.3. The van der Waals surface area contributed by atoms with Crippen LogP contribution in [0.25, 0.3) is 6.08 Å². The van der Waals surface area contributed by atoms with E-state index in [1.807, 2.05) is 46.2 Å². The largest absolute Gasteiger partial charge is 0.385 e. The number of amides is 6. The molecule has 8 rings (SSSR count). The predicted molar refractivity (Wildman–Crippen MR) is 247 cm³/mol. The molecular formula is C49H62N10O6. The summed E-state index contributed by atoms with van der Waals surface area (Å²) < 4.78 is 0. The highest BCUT2D eigenvalue weighted by Gasteiger charge is 2.40. The number of nitrogens with one attached hydrogen (secondary N) is 3. The van der Waals surface area contributed by atoms with E-state index >= 15 is 0 Å². The third-order valence-corrected chi connectivity index (χ3v) is 13.8. The number of hydrogen-bond donors (Lipinski definition) is 3. The third-order valence-electron chi connectivity index (χ3n) is 13.8. The molecular weight excluding hydrogens is 825 g/mol. The Hall–Kier alpha value is -6.16. The van der Waals surface area contributed by atoms with Crippen molar-refractivity contribution in [3.63, 3.8) is 0 Å². The monoisotopic (exact) mass is 886 g/mol. The van der Waals surface area contributed by atoms with Gasteiger partial charge in [0.1, 0.15) is 11.9 Å². The van der Waals surface area contributed by atoms with Crippen molar-refractivity contribution in [3.05, 3.63) is 89.4 Å². The number of hydrogen-bond acceptors (Lipinski definition) is 11. The normalized spacial score (nSPS) is 20.0. The zero-order chi connectivity index (χ0) is 45.1. The molecule has 2 aromatic heterocycles. The number of rotatable bonds is 16. The lowest BCUT2D eigenvalue weighted by Gasteiger charge is -2.43. The molecule has 0 bridgehead atoms. The minimum absolute atomic E-state index is 0.0490. The Bertz CT molecular complexity index is 2200. The van der Waals surface area contributed by atoms with Crippen LogP contribution in [-0.4, -0.2) is 143 Å². The van der Waals surface area contributed by atoms with Crippen LogP contribution in [0.15, 0.2) is 67.1 Å². The van der Waals surface area contributed by atoms with Crippen molar-refractivity contribution in [2.75, 3.05) is 75.7 Å². The summed E-state index contributed by atoms with van der Waals surface area (Å²) >= 11 is 0. The van der Waals surface area contributed by atoms with E-state index in [0.717, 1.165) is 120 Å². The van der Waals surface area contributed by atoms with E-state index in [0.29, 0.717) is 62.0 Å². The fraction of sp³-hybridized carbons (Fsp3) is 0.510. The van der Waals surface area contributed by atoms with Gasteiger partial charge in [-0.3, -0.25) is 44.0 Å². The Morgan fingerprint density at radius 2 is 1.62 bits per heavy atom. The molecule has 4 saturated heterocycles. The van der Waals surface area contributed by atoms with Gasteiger partial charge in [-0.05, 0) is 92.8 Å². The van der Waals surface area contributed by atoms with Crippen molar-refractivity contribution in [1.82, 2.24) is 40.2 Å². The number of anilines is 2. The summed E-state index contributed by atoms with van der Waals surface area (Å²) in [5.41, 5.74) is 3.77. The second kappa shape index (κ2) is 21.7. The molecule has 6 amide bonds. The second-order valence-electron chi connectivity index (χ2n) is 17.9. The van der Waals surface area contributed by atoms with E-state index in [9.17, 15) is 28.8 Å². The molecule has 65 heavy (non-hydrogen) atoms. The molecule has 4 fully saturated rings. The number of carbonyl (C=O) groups is 6. The van der Waals surface area contributed by atoms with Crippen LogP contribution >= 0.6 is 0 Å². The SMILES string of the molecule is O=C(/C=C/c1cccnc1)NCCCCC1CCN(C(=O)c2ccc(N3CCC(N4CCN(C(=O)CCCNc5cccc6c5CN(C5CCC(=O)NC5=O)C6=O)CC4)CC3)nc2)CC1. The van der Waals surface area contributed by atoms with Gasteiger partial charge in [-0.2, -0.15) is 0 Å². The van der Waals surface area contributed by atoms with Crippen molar-refractivity contribution in [2.24, 2.45) is 5.92 Å². The van der Waals surface area contributed by atoms with Crippen molar-refractivity contribution in [2.45, 2.75) is 89.3 Å². The number of pyridine rings is 2. The summed E-state index contributed by atoms with van der Waals surface area (Å²) in [4.78, 5) is 95.1. The average molecular weight is 887 g/mol.